The van der Waals surface area contributed by atoms with Gasteiger partial charge in [-0.25, -0.2) is 0 Å². The Kier molecular flexibility index (Phi) is 4.42. The van der Waals surface area contributed by atoms with Gasteiger partial charge in [0.25, 0.3) is 0 Å². The highest BCUT2D eigenvalue weighted by molar-refractivity contribution is 5.88. The van der Waals surface area contributed by atoms with Crippen molar-refractivity contribution in [2.45, 2.75) is 0 Å². The van der Waals surface area contributed by atoms with Crippen molar-refractivity contribution in [3.63, 3.8) is 0 Å². The van der Waals surface area contributed by atoms with Crippen molar-refractivity contribution in [1.82, 2.24) is 4.98 Å². The van der Waals surface area contributed by atoms with E-state index in [1.807, 2.05) is 42.6 Å². The van der Waals surface area contributed by atoms with E-state index in [1.54, 1.807) is 28.4 Å². The maximum absolute atomic E-state index is 5.38. The summed E-state index contributed by atoms with van der Waals surface area (Å²) >= 11 is 0. The summed E-state index contributed by atoms with van der Waals surface area (Å²) in [5, 5.41) is 1.99. The largest absolute Gasteiger partial charge is 0.497 e. The van der Waals surface area contributed by atoms with Crippen molar-refractivity contribution in [2.24, 2.45) is 0 Å². The number of rotatable bonds is 5. The first kappa shape index (κ1) is 15.9. The molecular formula is C19H19NO4. The Morgan fingerprint density at radius 1 is 0.625 bits per heavy atom. The zero-order valence-corrected chi connectivity index (χ0v) is 14.1. The van der Waals surface area contributed by atoms with E-state index < -0.39 is 0 Å². The van der Waals surface area contributed by atoms with E-state index in [1.165, 1.54) is 0 Å². The van der Waals surface area contributed by atoms with Crippen molar-refractivity contribution in [1.29, 1.82) is 0 Å². The lowest BCUT2D eigenvalue weighted by Gasteiger charge is -2.11. The fourth-order valence-electron chi connectivity index (χ4n) is 2.58. The van der Waals surface area contributed by atoms with Crippen LogP contribution in [0.3, 0.4) is 0 Å². The smallest absolute Gasteiger partial charge is 0.161 e. The first-order valence-corrected chi connectivity index (χ1v) is 7.43. The molecule has 0 saturated heterocycles. The van der Waals surface area contributed by atoms with Crippen molar-refractivity contribution in [2.75, 3.05) is 28.4 Å². The molecule has 124 valence electrons. The molecule has 0 aliphatic carbocycles. The molecule has 3 rings (SSSR count). The van der Waals surface area contributed by atoms with E-state index >= 15 is 0 Å². The van der Waals surface area contributed by atoms with Crippen LogP contribution in [0.25, 0.3) is 22.0 Å². The van der Waals surface area contributed by atoms with Gasteiger partial charge in [0, 0.05) is 23.2 Å². The number of benzene rings is 2. The van der Waals surface area contributed by atoms with Crippen LogP contribution in [0.15, 0.2) is 42.6 Å². The molecule has 3 aromatic rings. The number of nitrogens with zero attached hydrogens (tertiary/aromatic N) is 1. The zero-order valence-electron chi connectivity index (χ0n) is 14.1. The Morgan fingerprint density at radius 3 is 1.75 bits per heavy atom. The van der Waals surface area contributed by atoms with Gasteiger partial charge in [0.1, 0.15) is 11.5 Å². The third-order valence-corrected chi connectivity index (χ3v) is 3.87. The molecule has 2 aromatic carbocycles. The van der Waals surface area contributed by atoms with Gasteiger partial charge in [-0.05, 0) is 35.7 Å². The van der Waals surface area contributed by atoms with Crippen LogP contribution in [-0.2, 0) is 0 Å². The molecule has 0 aliphatic rings. The van der Waals surface area contributed by atoms with Crippen LogP contribution in [0, 0.1) is 0 Å². The van der Waals surface area contributed by atoms with E-state index in [4.69, 9.17) is 18.9 Å². The van der Waals surface area contributed by atoms with Crippen LogP contribution >= 0.6 is 0 Å². The molecule has 0 saturated carbocycles. The summed E-state index contributed by atoms with van der Waals surface area (Å²) < 4.78 is 21.4. The van der Waals surface area contributed by atoms with Crippen molar-refractivity contribution >= 4 is 10.8 Å². The van der Waals surface area contributed by atoms with Crippen molar-refractivity contribution < 1.29 is 18.9 Å². The maximum atomic E-state index is 5.38. The van der Waals surface area contributed by atoms with E-state index in [2.05, 4.69) is 4.98 Å². The molecule has 1 heterocycles. The predicted molar refractivity (Wildman–Crippen MR) is 93.4 cm³/mol. The Bertz CT molecular complexity index is 854. The van der Waals surface area contributed by atoms with E-state index in [-0.39, 0.29) is 0 Å². The second-order valence-corrected chi connectivity index (χ2v) is 5.23. The second kappa shape index (κ2) is 6.66. The van der Waals surface area contributed by atoms with Gasteiger partial charge in [0.15, 0.2) is 11.5 Å². The normalized spacial score (nSPS) is 10.5. The highest BCUT2D eigenvalue weighted by atomic mass is 16.5. The molecule has 0 fully saturated rings. The maximum Gasteiger partial charge on any atom is 0.161 e. The summed E-state index contributed by atoms with van der Waals surface area (Å²) in [6, 6.07) is 11.5. The molecule has 5 nitrogen and oxygen atoms in total. The van der Waals surface area contributed by atoms with Crippen LogP contribution in [0.2, 0.25) is 0 Å². The molecule has 1 aromatic heterocycles. The van der Waals surface area contributed by atoms with Gasteiger partial charge in [-0.15, -0.1) is 0 Å². The van der Waals surface area contributed by atoms with Crippen LogP contribution in [0.4, 0.5) is 0 Å². The first-order chi connectivity index (χ1) is 11.7. The average Bonchev–Trinajstić information content (AvgIpc) is 2.65. The Hall–Kier alpha value is -2.95. The monoisotopic (exact) mass is 325 g/mol. The van der Waals surface area contributed by atoms with E-state index in [0.29, 0.717) is 11.5 Å². The zero-order chi connectivity index (χ0) is 17.1. The summed E-state index contributed by atoms with van der Waals surface area (Å²) in [5.41, 5.74) is 1.75. The Balaban J connectivity index is 2.14. The number of pyridine rings is 1. The highest BCUT2D eigenvalue weighted by Crippen LogP contribution is 2.34. The molecule has 0 bridgehead atoms. The number of hydrogen-bond donors (Lipinski definition) is 0. The van der Waals surface area contributed by atoms with E-state index in [9.17, 15) is 0 Å². The second-order valence-electron chi connectivity index (χ2n) is 5.23. The van der Waals surface area contributed by atoms with Gasteiger partial charge in [-0.2, -0.15) is 0 Å². The third-order valence-electron chi connectivity index (χ3n) is 3.87. The molecule has 0 unspecified atom stereocenters. The molecular weight excluding hydrogens is 306 g/mol. The van der Waals surface area contributed by atoms with Crippen molar-refractivity contribution in [3.05, 3.63) is 42.6 Å². The fraction of sp³-hybridized carbons (Fsp3) is 0.211. The Labute approximate surface area is 140 Å². The third kappa shape index (κ3) is 2.93. The molecule has 0 aliphatic heterocycles. The molecule has 5 heteroatoms. The lowest BCUT2D eigenvalue weighted by atomic mass is 10.1. The topological polar surface area (TPSA) is 49.8 Å². The number of methoxy groups -OCH3 is 4. The average molecular weight is 325 g/mol. The number of fused-ring (bicyclic) bond motifs is 1. The van der Waals surface area contributed by atoms with Crippen LogP contribution in [-0.4, -0.2) is 33.4 Å². The minimum absolute atomic E-state index is 0.683. The number of ether oxygens (including phenoxy) is 4. The number of aromatic nitrogens is 1. The molecule has 0 spiro atoms. The van der Waals surface area contributed by atoms with Crippen LogP contribution in [0.1, 0.15) is 0 Å². The lowest BCUT2D eigenvalue weighted by Crippen LogP contribution is -1.92. The summed E-state index contributed by atoms with van der Waals surface area (Å²) in [6.07, 6.45) is 1.82. The molecule has 0 atom stereocenters. The minimum atomic E-state index is 0.683. The predicted octanol–water partition coefficient (Wildman–Crippen LogP) is 3.94. The van der Waals surface area contributed by atoms with Crippen LogP contribution in [0.5, 0.6) is 23.0 Å². The first-order valence-electron chi connectivity index (χ1n) is 7.43. The Morgan fingerprint density at radius 2 is 1.21 bits per heavy atom. The van der Waals surface area contributed by atoms with Gasteiger partial charge in [-0.1, -0.05) is 0 Å². The van der Waals surface area contributed by atoms with Gasteiger partial charge < -0.3 is 18.9 Å². The molecule has 0 radical (unpaired) electrons. The van der Waals surface area contributed by atoms with Crippen molar-refractivity contribution in [3.8, 4) is 34.3 Å². The number of hydrogen-bond acceptors (Lipinski definition) is 5. The quantitative estimate of drug-likeness (QED) is 0.711. The fourth-order valence-corrected chi connectivity index (χ4v) is 2.58. The van der Waals surface area contributed by atoms with Gasteiger partial charge in [-0.3, -0.25) is 4.98 Å². The molecule has 0 N–H and O–H groups in total. The summed E-state index contributed by atoms with van der Waals surface area (Å²) in [5.74, 6) is 2.81. The minimum Gasteiger partial charge on any atom is -0.497 e. The summed E-state index contributed by atoms with van der Waals surface area (Å²) in [6.45, 7) is 0. The lowest BCUT2D eigenvalue weighted by molar-refractivity contribution is 0.356. The highest BCUT2D eigenvalue weighted by Gasteiger charge is 2.10. The van der Waals surface area contributed by atoms with Gasteiger partial charge in [0.05, 0.1) is 34.1 Å². The summed E-state index contributed by atoms with van der Waals surface area (Å²) in [4.78, 5) is 4.55. The molecule has 24 heavy (non-hydrogen) atoms. The molecule has 0 amide bonds. The summed E-state index contributed by atoms with van der Waals surface area (Å²) in [7, 11) is 6.50. The standard InChI is InChI=1S/C19H19NO4/c1-21-15-5-13(6-16(10-15)22-2)17-7-12-8-18(23-3)19(24-4)9-14(12)11-20-17/h5-11H,1-4H3. The van der Waals surface area contributed by atoms with Crippen LogP contribution < -0.4 is 18.9 Å². The van der Waals surface area contributed by atoms with Gasteiger partial charge in [0.2, 0.25) is 0 Å². The van der Waals surface area contributed by atoms with Gasteiger partial charge >= 0.3 is 0 Å². The SMILES string of the molecule is COc1cc(OC)cc(-c2cc3cc(OC)c(OC)cc3cn2)c1. The van der Waals surface area contributed by atoms with E-state index in [0.717, 1.165) is 33.5 Å².